The minimum Gasteiger partial charge on any atom is -0.611 e. The second-order valence-corrected chi connectivity index (χ2v) is 10.3. The molecule has 8 nitrogen and oxygen atoms in total. The molecule has 2 aliphatic heterocycles. The summed E-state index contributed by atoms with van der Waals surface area (Å²) >= 11 is -1.09. The summed E-state index contributed by atoms with van der Waals surface area (Å²) in [6.07, 6.45) is 5.63. The van der Waals surface area contributed by atoms with Crippen molar-refractivity contribution >= 4 is 34.1 Å². The van der Waals surface area contributed by atoms with Crippen LogP contribution in [0.3, 0.4) is 0 Å². The highest BCUT2D eigenvalue weighted by Crippen LogP contribution is 2.43. The van der Waals surface area contributed by atoms with Gasteiger partial charge in [-0.1, -0.05) is 0 Å². The highest BCUT2D eigenvalue weighted by molar-refractivity contribution is 7.93. The molecule has 5 rings (SSSR count). The van der Waals surface area contributed by atoms with E-state index in [0.717, 1.165) is 29.2 Å². The molecule has 0 bridgehead atoms. The van der Waals surface area contributed by atoms with Gasteiger partial charge in [-0.15, -0.1) is 0 Å². The van der Waals surface area contributed by atoms with Crippen molar-refractivity contribution in [2.45, 2.75) is 29.9 Å². The number of nitrogens with one attached hydrogen (secondary N) is 1. The Bertz CT molecular complexity index is 1120. The lowest BCUT2D eigenvalue weighted by atomic mass is 10.0. The first-order valence-corrected chi connectivity index (χ1v) is 11.1. The number of morpholine rings is 1. The highest BCUT2D eigenvalue weighted by Gasteiger charge is 2.43. The fourth-order valence-electron chi connectivity index (χ4n) is 4.09. The zero-order valence-corrected chi connectivity index (χ0v) is 17.7. The van der Waals surface area contributed by atoms with Gasteiger partial charge in [0, 0.05) is 43.5 Å². The van der Waals surface area contributed by atoms with Crippen molar-refractivity contribution in [1.82, 2.24) is 14.6 Å². The molecule has 0 aliphatic carbocycles. The minimum absolute atomic E-state index is 0.267. The van der Waals surface area contributed by atoms with E-state index in [1.807, 2.05) is 26.0 Å². The van der Waals surface area contributed by atoms with Gasteiger partial charge in [0.1, 0.15) is 10.3 Å². The molecule has 1 aromatic carbocycles. The van der Waals surface area contributed by atoms with Crippen LogP contribution in [-0.2, 0) is 22.3 Å². The van der Waals surface area contributed by atoms with Crippen LogP contribution in [0.5, 0.6) is 0 Å². The van der Waals surface area contributed by atoms with Crippen LogP contribution >= 0.6 is 0 Å². The molecule has 30 heavy (non-hydrogen) atoms. The first-order valence-electron chi connectivity index (χ1n) is 9.95. The van der Waals surface area contributed by atoms with E-state index in [-0.39, 0.29) is 10.7 Å². The maximum atomic E-state index is 13.1. The van der Waals surface area contributed by atoms with Crippen LogP contribution in [0.4, 0.5) is 11.4 Å². The number of fused-ring (bicyclic) bond motifs is 2. The Morgan fingerprint density at radius 1 is 1.30 bits per heavy atom. The zero-order valence-electron chi connectivity index (χ0n) is 16.9. The molecular formula is C21H23N5O3S. The molecule has 4 heterocycles. The molecule has 3 aromatic rings. The molecule has 1 atom stereocenters. The summed E-state index contributed by atoms with van der Waals surface area (Å²) in [6.45, 7) is 6.71. The number of carbonyl (C=O) groups is 1. The van der Waals surface area contributed by atoms with E-state index < -0.39 is 11.2 Å². The monoisotopic (exact) mass is 425 g/mol. The Balaban J connectivity index is 1.54. The Morgan fingerprint density at radius 3 is 2.90 bits per heavy atom. The smallest absolute Gasteiger partial charge is 0.261 e. The molecule has 0 radical (unpaired) electrons. The number of anilines is 2. The van der Waals surface area contributed by atoms with E-state index in [1.54, 1.807) is 23.0 Å². The molecule has 0 saturated carbocycles. The summed E-state index contributed by atoms with van der Waals surface area (Å²) in [5.74, 6) is -0.267. The molecule has 1 unspecified atom stereocenters. The SMILES string of the molecule is CC1(C)Cc2cc(NC(=O)c3cnn4cccnc34)c(N3CCOCC3)cc2[S+]1[O-]. The third-order valence-corrected chi connectivity index (χ3v) is 7.55. The summed E-state index contributed by atoms with van der Waals surface area (Å²) in [5, 5.41) is 7.27. The summed E-state index contributed by atoms with van der Waals surface area (Å²) < 4.78 is 19.7. The van der Waals surface area contributed by atoms with Gasteiger partial charge in [0.25, 0.3) is 5.91 Å². The molecule has 2 aliphatic rings. The number of carbonyl (C=O) groups excluding carboxylic acids is 1. The molecule has 156 valence electrons. The van der Waals surface area contributed by atoms with Crippen molar-refractivity contribution < 1.29 is 14.1 Å². The maximum absolute atomic E-state index is 13.1. The molecule has 9 heteroatoms. The molecule has 1 fully saturated rings. The average Bonchev–Trinajstić information content (AvgIpc) is 3.27. The van der Waals surface area contributed by atoms with E-state index in [0.29, 0.717) is 36.5 Å². The fourth-order valence-corrected chi connectivity index (χ4v) is 5.56. The quantitative estimate of drug-likeness (QED) is 0.647. The topological polar surface area (TPSA) is 94.8 Å². The van der Waals surface area contributed by atoms with Gasteiger partial charge in [0.05, 0.1) is 30.8 Å². The Kier molecular flexibility index (Phi) is 4.68. The number of aromatic nitrogens is 3. The minimum atomic E-state index is -1.09. The predicted molar refractivity (Wildman–Crippen MR) is 115 cm³/mol. The third kappa shape index (κ3) is 3.23. The van der Waals surface area contributed by atoms with Crippen molar-refractivity contribution in [3.05, 3.63) is 47.9 Å². The standard InChI is InChI=1S/C21H23N5O3S/c1-21(2)12-14-10-16(17(11-18(14)30(21)28)25-6-8-29-9-7-25)24-20(27)15-13-23-26-5-3-4-22-19(15)26/h3-5,10-11,13H,6-9,12H2,1-2H3,(H,24,27). The number of nitrogens with zero attached hydrogens (tertiary/aromatic N) is 4. The Labute approximate surface area is 177 Å². The number of benzene rings is 1. The molecule has 0 spiro atoms. The van der Waals surface area contributed by atoms with Crippen LogP contribution in [0.1, 0.15) is 29.8 Å². The van der Waals surface area contributed by atoms with Gasteiger partial charge in [0.15, 0.2) is 10.5 Å². The fraction of sp³-hybridized carbons (Fsp3) is 0.381. The molecule has 1 N–H and O–H groups in total. The number of hydrogen-bond donors (Lipinski definition) is 1. The summed E-state index contributed by atoms with van der Waals surface area (Å²) in [7, 11) is 0. The Hall–Kier alpha value is -2.62. The largest absolute Gasteiger partial charge is 0.611 e. The predicted octanol–water partition coefficient (Wildman–Crippen LogP) is 2.26. The lowest BCUT2D eigenvalue weighted by Gasteiger charge is -2.31. The number of hydrogen-bond acceptors (Lipinski definition) is 6. The van der Waals surface area contributed by atoms with Crippen molar-refractivity contribution in [2.75, 3.05) is 36.5 Å². The maximum Gasteiger partial charge on any atom is 0.261 e. The van der Waals surface area contributed by atoms with Gasteiger partial charge in [-0.05, 0) is 37.2 Å². The van der Waals surface area contributed by atoms with Gasteiger partial charge in [-0.25, -0.2) is 9.50 Å². The van der Waals surface area contributed by atoms with Gasteiger partial charge in [-0.3, -0.25) is 4.79 Å². The molecular weight excluding hydrogens is 402 g/mol. The molecule has 2 aromatic heterocycles. The van der Waals surface area contributed by atoms with E-state index in [4.69, 9.17) is 4.74 Å². The number of amides is 1. The van der Waals surface area contributed by atoms with Crippen LogP contribution in [0.15, 0.2) is 41.7 Å². The third-order valence-electron chi connectivity index (χ3n) is 5.62. The second kappa shape index (κ2) is 7.26. The van der Waals surface area contributed by atoms with Crippen LogP contribution in [-0.4, -0.2) is 56.1 Å². The van der Waals surface area contributed by atoms with Crippen LogP contribution in [0.2, 0.25) is 0 Å². The zero-order chi connectivity index (χ0) is 20.9. The van der Waals surface area contributed by atoms with E-state index in [1.165, 1.54) is 6.20 Å². The van der Waals surface area contributed by atoms with E-state index in [9.17, 15) is 9.35 Å². The first-order chi connectivity index (χ1) is 14.4. The summed E-state index contributed by atoms with van der Waals surface area (Å²) in [6, 6.07) is 5.72. The van der Waals surface area contributed by atoms with E-state index in [2.05, 4.69) is 20.3 Å². The van der Waals surface area contributed by atoms with Crippen LogP contribution in [0, 0.1) is 0 Å². The van der Waals surface area contributed by atoms with Crippen molar-refractivity contribution in [3.8, 4) is 0 Å². The van der Waals surface area contributed by atoms with Gasteiger partial charge >= 0.3 is 0 Å². The lowest BCUT2D eigenvalue weighted by Crippen LogP contribution is -2.37. The first kappa shape index (κ1) is 19.3. The van der Waals surface area contributed by atoms with Gasteiger partial charge in [0.2, 0.25) is 0 Å². The Morgan fingerprint density at radius 2 is 2.10 bits per heavy atom. The van der Waals surface area contributed by atoms with Crippen molar-refractivity contribution in [2.24, 2.45) is 0 Å². The highest BCUT2D eigenvalue weighted by atomic mass is 32.2. The number of rotatable bonds is 3. The van der Waals surface area contributed by atoms with E-state index >= 15 is 0 Å². The average molecular weight is 426 g/mol. The van der Waals surface area contributed by atoms with Gasteiger partial charge in [-0.2, -0.15) is 5.10 Å². The van der Waals surface area contributed by atoms with Crippen LogP contribution < -0.4 is 10.2 Å². The number of ether oxygens (including phenoxy) is 1. The second-order valence-electron chi connectivity index (χ2n) is 8.18. The van der Waals surface area contributed by atoms with Gasteiger partial charge < -0.3 is 19.5 Å². The van der Waals surface area contributed by atoms with Crippen molar-refractivity contribution in [3.63, 3.8) is 0 Å². The lowest BCUT2D eigenvalue weighted by molar-refractivity contribution is 0.102. The summed E-state index contributed by atoms with van der Waals surface area (Å²) in [4.78, 5) is 20.4. The summed E-state index contributed by atoms with van der Waals surface area (Å²) in [5.41, 5.74) is 3.52. The van der Waals surface area contributed by atoms with Crippen molar-refractivity contribution in [1.29, 1.82) is 0 Å². The molecule has 1 amide bonds. The van der Waals surface area contributed by atoms with Crippen LogP contribution in [0.25, 0.3) is 5.65 Å². The molecule has 1 saturated heterocycles. The normalized spacial score (nSPS) is 20.4.